The molecule has 3 N–H and O–H groups in total. The van der Waals surface area contributed by atoms with E-state index in [0.717, 1.165) is 53.4 Å². The maximum absolute atomic E-state index is 4.38. The zero-order valence-electron chi connectivity index (χ0n) is 18.7. The molecule has 6 nitrogen and oxygen atoms in total. The van der Waals surface area contributed by atoms with Gasteiger partial charge in [0.1, 0.15) is 0 Å². The molecule has 0 aliphatic heterocycles. The average Bonchev–Trinajstić information content (AvgIpc) is 3.31. The number of aromatic nitrogens is 6. The monoisotopic (exact) mass is 402 g/mol. The molecular weight excluding hydrogens is 372 g/mol. The van der Waals surface area contributed by atoms with Crippen LogP contribution in [0.2, 0.25) is 0 Å². The minimum atomic E-state index is 0.877. The van der Waals surface area contributed by atoms with Crippen LogP contribution in [0.15, 0.2) is 18.2 Å². The molecule has 0 radical (unpaired) electrons. The van der Waals surface area contributed by atoms with Crippen molar-refractivity contribution in [1.29, 1.82) is 0 Å². The first-order chi connectivity index (χ1) is 14.3. The molecule has 0 fully saturated rings. The Labute approximate surface area is 177 Å². The molecule has 0 unspecified atom stereocenters. The molecule has 4 aromatic rings. The third kappa shape index (κ3) is 3.95. The zero-order chi connectivity index (χ0) is 21.4. The van der Waals surface area contributed by atoms with Gasteiger partial charge in [-0.3, -0.25) is 15.3 Å². The van der Waals surface area contributed by atoms with Gasteiger partial charge in [-0.1, -0.05) is 18.2 Å². The highest BCUT2D eigenvalue weighted by molar-refractivity contribution is 5.41. The number of nitrogens with one attached hydrogen (secondary N) is 3. The molecule has 6 heteroatoms. The van der Waals surface area contributed by atoms with Crippen molar-refractivity contribution in [3.63, 3.8) is 0 Å². The standard InChI is InChI=1S/C24H30N6/c1-13-22(14(2)26-25-13)10-19-7-20(11-23-15(3)27-28-16(23)4)9-21(8-19)12-24-17(5)29-30-18(24)6/h7-9H,10-12H2,1-6H3,(H,25,26)(H,27,28)(H,29,30). The summed E-state index contributed by atoms with van der Waals surface area (Å²) in [4.78, 5) is 0. The number of nitrogens with zero attached hydrogens (tertiary/aromatic N) is 3. The van der Waals surface area contributed by atoms with Crippen molar-refractivity contribution in [3.05, 3.63) is 85.7 Å². The molecule has 156 valence electrons. The fourth-order valence-corrected chi connectivity index (χ4v) is 4.26. The second-order valence-corrected chi connectivity index (χ2v) is 8.43. The first kappa shape index (κ1) is 20.1. The van der Waals surface area contributed by atoms with Gasteiger partial charge in [0, 0.05) is 53.0 Å². The Morgan fingerprint density at radius 3 is 0.967 bits per heavy atom. The number of hydrogen-bond acceptors (Lipinski definition) is 3. The summed E-state index contributed by atoms with van der Waals surface area (Å²) < 4.78 is 0. The van der Waals surface area contributed by atoms with Crippen LogP contribution in [0.3, 0.4) is 0 Å². The molecule has 0 spiro atoms. The smallest absolute Gasteiger partial charge is 0.0629 e. The maximum Gasteiger partial charge on any atom is 0.0629 e. The van der Waals surface area contributed by atoms with Gasteiger partial charge in [0.2, 0.25) is 0 Å². The van der Waals surface area contributed by atoms with Crippen LogP contribution in [0.1, 0.15) is 67.5 Å². The topological polar surface area (TPSA) is 86.0 Å². The first-order valence-electron chi connectivity index (χ1n) is 10.4. The summed E-state index contributed by atoms with van der Waals surface area (Å²) in [5, 5.41) is 22.5. The van der Waals surface area contributed by atoms with Crippen LogP contribution < -0.4 is 0 Å². The second kappa shape index (κ2) is 7.94. The molecule has 0 saturated carbocycles. The highest BCUT2D eigenvalue weighted by atomic mass is 15.1. The van der Waals surface area contributed by atoms with Crippen LogP contribution in [0.25, 0.3) is 0 Å². The van der Waals surface area contributed by atoms with E-state index in [4.69, 9.17) is 0 Å². The lowest BCUT2D eigenvalue weighted by Gasteiger charge is -2.12. The van der Waals surface area contributed by atoms with E-state index in [1.165, 1.54) is 33.4 Å². The average molecular weight is 403 g/mol. The Kier molecular flexibility index (Phi) is 5.33. The van der Waals surface area contributed by atoms with Gasteiger partial charge in [-0.05, 0) is 58.2 Å². The fraction of sp³-hybridized carbons (Fsp3) is 0.375. The highest BCUT2D eigenvalue weighted by Crippen LogP contribution is 2.24. The van der Waals surface area contributed by atoms with E-state index in [2.05, 4.69) is 90.3 Å². The number of benzene rings is 1. The fourth-order valence-electron chi connectivity index (χ4n) is 4.26. The summed E-state index contributed by atoms with van der Waals surface area (Å²) in [5.41, 5.74) is 14.4. The summed E-state index contributed by atoms with van der Waals surface area (Å²) in [6, 6.07) is 6.99. The molecule has 0 amide bonds. The van der Waals surface area contributed by atoms with Gasteiger partial charge in [-0.15, -0.1) is 0 Å². The molecule has 0 saturated heterocycles. The van der Waals surface area contributed by atoms with Crippen molar-refractivity contribution in [2.45, 2.75) is 60.8 Å². The van der Waals surface area contributed by atoms with Gasteiger partial charge in [-0.25, -0.2) is 0 Å². The molecule has 3 heterocycles. The molecule has 0 bridgehead atoms. The van der Waals surface area contributed by atoms with Crippen LogP contribution in [0.5, 0.6) is 0 Å². The van der Waals surface area contributed by atoms with Gasteiger partial charge >= 0.3 is 0 Å². The van der Waals surface area contributed by atoms with E-state index in [1.807, 2.05) is 0 Å². The van der Waals surface area contributed by atoms with Gasteiger partial charge in [-0.2, -0.15) is 15.3 Å². The molecule has 4 rings (SSSR count). The predicted octanol–water partition coefficient (Wildman–Crippen LogP) is 4.48. The largest absolute Gasteiger partial charge is 0.282 e. The quantitative estimate of drug-likeness (QED) is 0.444. The predicted molar refractivity (Wildman–Crippen MR) is 119 cm³/mol. The number of hydrogen-bond donors (Lipinski definition) is 3. The van der Waals surface area contributed by atoms with Crippen molar-refractivity contribution < 1.29 is 0 Å². The van der Waals surface area contributed by atoms with Crippen molar-refractivity contribution in [2.75, 3.05) is 0 Å². The summed E-state index contributed by atoms with van der Waals surface area (Å²) in [7, 11) is 0. The lowest BCUT2D eigenvalue weighted by atomic mass is 9.93. The van der Waals surface area contributed by atoms with Crippen LogP contribution in [0, 0.1) is 41.5 Å². The van der Waals surface area contributed by atoms with Crippen molar-refractivity contribution >= 4 is 0 Å². The number of aryl methyl sites for hydroxylation is 6. The third-order valence-corrected chi connectivity index (χ3v) is 6.10. The van der Waals surface area contributed by atoms with Crippen molar-refractivity contribution in [2.24, 2.45) is 0 Å². The van der Waals surface area contributed by atoms with E-state index in [1.54, 1.807) is 0 Å². The Balaban J connectivity index is 1.73. The molecule has 3 aromatic heterocycles. The van der Waals surface area contributed by atoms with Crippen molar-refractivity contribution in [1.82, 2.24) is 30.6 Å². The minimum Gasteiger partial charge on any atom is -0.282 e. The van der Waals surface area contributed by atoms with Gasteiger partial charge in [0.15, 0.2) is 0 Å². The van der Waals surface area contributed by atoms with E-state index in [0.29, 0.717) is 0 Å². The molecule has 0 atom stereocenters. The van der Waals surface area contributed by atoms with E-state index < -0.39 is 0 Å². The Morgan fingerprint density at radius 1 is 0.500 bits per heavy atom. The normalized spacial score (nSPS) is 11.4. The van der Waals surface area contributed by atoms with E-state index in [-0.39, 0.29) is 0 Å². The molecular formula is C24H30N6. The number of H-pyrrole nitrogens is 3. The number of aromatic amines is 3. The third-order valence-electron chi connectivity index (χ3n) is 6.10. The summed E-state index contributed by atoms with van der Waals surface area (Å²) in [6.07, 6.45) is 2.63. The lowest BCUT2D eigenvalue weighted by Crippen LogP contribution is -2.00. The molecule has 30 heavy (non-hydrogen) atoms. The first-order valence-corrected chi connectivity index (χ1v) is 10.4. The SMILES string of the molecule is Cc1n[nH]c(C)c1Cc1cc(Cc2c(C)n[nH]c2C)cc(Cc2c(C)n[nH]c2C)c1. The highest BCUT2D eigenvalue weighted by Gasteiger charge is 2.14. The number of rotatable bonds is 6. The summed E-state index contributed by atoms with van der Waals surface area (Å²) in [5.74, 6) is 0. The van der Waals surface area contributed by atoms with Gasteiger partial charge < -0.3 is 0 Å². The molecule has 0 aliphatic rings. The van der Waals surface area contributed by atoms with Crippen molar-refractivity contribution in [3.8, 4) is 0 Å². The van der Waals surface area contributed by atoms with Gasteiger partial charge in [0.25, 0.3) is 0 Å². The zero-order valence-corrected chi connectivity index (χ0v) is 18.7. The summed E-state index contributed by atoms with van der Waals surface area (Å²) >= 11 is 0. The second-order valence-electron chi connectivity index (χ2n) is 8.43. The van der Waals surface area contributed by atoms with Crippen LogP contribution in [0.4, 0.5) is 0 Å². The Hall–Kier alpha value is -3.15. The van der Waals surface area contributed by atoms with Gasteiger partial charge in [0.05, 0.1) is 17.1 Å². The lowest BCUT2D eigenvalue weighted by molar-refractivity contribution is 1.02. The minimum absolute atomic E-state index is 0.877. The van der Waals surface area contributed by atoms with E-state index in [9.17, 15) is 0 Å². The van der Waals surface area contributed by atoms with E-state index >= 15 is 0 Å². The van der Waals surface area contributed by atoms with Crippen LogP contribution >= 0.6 is 0 Å². The Morgan fingerprint density at radius 2 is 0.767 bits per heavy atom. The van der Waals surface area contributed by atoms with Crippen LogP contribution in [-0.4, -0.2) is 30.6 Å². The molecule has 0 aliphatic carbocycles. The molecule has 1 aromatic carbocycles. The Bertz CT molecular complexity index is 972. The maximum atomic E-state index is 4.38. The van der Waals surface area contributed by atoms with Crippen LogP contribution in [-0.2, 0) is 19.3 Å². The summed E-state index contributed by atoms with van der Waals surface area (Å²) in [6.45, 7) is 12.5.